The molecule has 0 aliphatic heterocycles. The number of nitrogens with zero attached hydrogens (tertiary/aromatic N) is 3. The van der Waals surface area contributed by atoms with E-state index in [9.17, 15) is 13.6 Å². The summed E-state index contributed by atoms with van der Waals surface area (Å²) in [5.74, 6) is -2.90. The van der Waals surface area contributed by atoms with Crippen molar-refractivity contribution in [2.24, 2.45) is 0 Å². The van der Waals surface area contributed by atoms with Crippen molar-refractivity contribution in [2.75, 3.05) is 0 Å². The summed E-state index contributed by atoms with van der Waals surface area (Å²) in [6.07, 6.45) is 3.33. The Balaban J connectivity index is 1.72. The van der Waals surface area contributed by atoms with Gasteiger partial charge in [0.25, 0.3) is 5.91 Å². The summed E-state index contributed by atoms with van der Waals surface area (Å²) < 4.78 is 27.6. The summed E-state index contributed by atoms with van der Waals surface area (Å²) in [4.78, 5) is 16.3. The molecule has 2 aromatic rings. The smallest absolute Gasteiger partial charge is 0.270 e. The van der Waals surface area contributed by atoms with E-state index < -0.39 is 5.92 Å². The fraction of sp³-hybridized carbons (Fsp3) is 0.462. The van der Waals surface area contributed by atoms with Gasteiger partial charge >= 0.3 is 0 Å². The minimum atomic E-state index is -2.59. The number of amides is 1. The van der Waals surface area contributed by atoms with Crippen molar-refractivity contribution in [3.05, 3.63) is 30.2 Å². The van der Waals surface area contributed by atoms with Crippen LogP contribution in [0, 0.1) is 0 Å². The molecule has 0 saturated heterocycles. The van der Waals surface area contributed by atoms with Crippen LogP contribution in [0.25, 0.3) is 5.65 Å². The molecule has 0 unspecified atom stereocenters. The average Bonchev–Trinajstić information content (AvgIpc) is 2.89. The zero-order valence-corrected chi connectivity index (χ0v) is 10.7. The van der Waals surface area contributed by atoms with Crippen molar-refractivity contribution in [3.8, 4) is 0 Å². The van der Waals surface area contributed by atoms with Crippen LogP contribution >= 0.6 is 0 Å². The van der Waals surface area contributed by atoms with E-state index in [-0.39, 0.29) is 24.8 Å². The average molecular weight is 280 g/mol. The van der Waals surface area contributed by atoms with Crippen LogP contribution in [0.4, 0.5) is 8.78 Å². The van der Waals surface area contributed by atoms with E-state index in [0.717, 1.165) is 0 Å². The number of fused-ring (bicyclic) bond motifs is 1. The highest BCUT2D eigenvalue weighted by molar-refractivity contribution is 5.93. The van der Waals surface area contributed by atoms with Crippen molar-refractivity contribution in [1.29, 1.82) is 0 Å². The minimum Gasteiger partial charge on any atom is -0.348 e. The molecule has 106 valence electrons. The van der Waals surface area contributed by atoms with E-state index in [1.54, 1.807) is 18.3 Å². The van der Waals surface area contributed by atoms with Gasteiger partial charge in [0.1, 0.15) is 5.69 Å². The lowest BCUT2D eigenvalue weighted by atomic mass is 9.92. The largest absolute Gasteiger partial charge is 0.348 e. The zero-order chi connectivity index (χ0) is 14.2. The predicted octanol–water partition coefficient (Wildman–Crippen LogP) is 2.04. The molecule has 0 aromatic carbocycles. The molecule has 1 aliphatic rings. The molecular formula is C13H14F2N4O. The van der Waals surface area contributed by atoms with Crippen molar-refractivity contribution in [1.82, 2.24) is 19.9 Å². The quantitative estimate of drug-likeness (QED) is 0.915. The molecule has 7 heteroatoms. The number of alkyl halides is 2. The number of aromatic nitrogens is 3. The number of carbonyl (C=O) groups is 1. The number of halogens is 2. The van der Waals surface area contributed by atoms with E-state index in [4.69, 9.17) is 0 Å². The van der Waals surface area contributed by atoms with Crippen LogP contribution in [0.15, 0.2) is 24.5 Å². The van der Waals surface area contributed by atoms with Gasteiger partial charge in [0.05, 0.1) is 6.20 Å². The maximum Gasteiger partial charge on any atom is 0.270 e. The molecule has 2 heterocycles. The van der Waals surface area contributed by atoms with Gasteiger partial charge in [-0.25, -0.2) is 18.3 Å². The molecule has 2 aromatic heterocycles. The summed E-state index contributed by atoms with van der Waals surface area (Å²) in [5.41, 5.74) is 0.935. The topological polar surface area (TPSA) is 59.3 Å². The zero-order valence-electron chi connectivity index (χ0n) is 10.7. The van der Waals surface area contributed by atoms with Gasteiger partial charge in [-0.15, -0.1) is 0 Å². The number of hydrogen-bond acceptors (Lipinski definition) is 3. The normalized spacial score (nSPS) is 19.1. The molecule has 3 rings (SSSR count). The van der Waals surface area contributed by atoms with Gasteiger partial charge in [-0.05, 0) is 18.9 Å². The Morgan fingerprint density at radius 1 is 1.30 bits per heavy atom. The van der Waals surface area contributed by atoms with Gasteiger partial charge in [0, 0.05) is 31.1 Å². The predicted molar refractivity (Wildman–Crippen MR) is 67.7 cm³/mol. The number of nitrogens with one attached hydrogen (secondary N) is 1. The standard InChI is InChI=1S/C13H14F2N4O/c14-13(15)5-1-9(2-6-13)18-12(20)10-3-7-16-11-4-8-17-19(10)11/h3-4,7-9H,1-2,5-6H2,(H,18,20). The molecule has 1 N–H and O–H groups in total. The molecule has 0 atom stereocenters. The fourth-order valence-electron chi connectivity index (χ4n) is 2.45. The van der Waals surface area contributed by atoms with E-state index in [0.29, 0.717) is 24.2 Å². The second kappa shape index (κ2) is 4.81. The second-order valence-corrected chi connectivity index (χ2v) is 5.03. The first-order chi connectivity index (χ1) is 9.55. The lowest BCUT2D eigenvalue weighted by Crippen LogP contribution is -2.40. The van der Waals surface area contributed by atoms with Crippen LogP contribution in [0.2, 0.25) is 0 Å². The summed E-state index contributed by atoms with van der Waals surface area (Å²) in [5, 5.41) is 6.82. The maximum atomic E-state index is 13.1. The number of carbonyl (C=O) groups excluding carboxylic acids is 1. The SMILES string of the molecule is O=C(NC1CCC(F)(F)CC1)c1ccnc2ccnn12. The Labute approximate surface area is 114 Å². The lowest BCUT2D eigenvalue weighted by Gasteiger charge is -2.28. The number of hydrogen-bond donors (Lipinski definition) is 1. The number of rotatable bonds is 2. The molecule has 5 nitrogen and oxygen atoms in total. The van der Waals surface area contributed by atoms with Gasteiger partial charge in [0.2, 0.25) is 5.92 Å². The second-order valence-electron chi connectivity index (χ2n) is 5.03. The molecule has 0 bridgehead atoms. The summed E-state index contributed by atoms with van der Waals surface area (Å²) >= 11 is 0. The molecule has 1 aliphatic carbocycles. The Morgan fingerprint density at radius 2 is 2.05 bits per heavy atom. The Kier molecular flexibility index (Phi) is 3.11. The molecule has 0 radical (unpaired) electrons. The highest BCUT2D eigenvalue weighted by Crippen LogP contribution is 2.33. The van der Waals surface area contributed by atoms with Crippen LogP contribution < -0.4 is 5.32 Å². The third kappa shape index (κ3) is 2.48. The highest BCUT2D eigenvalue weighted by Gasteiger charge is 2.35. The summed E-state index contributed by atoms with van der Waals surface area (Å²) in [6, 6.07) is 3.05. The van der Waals surface area contributed by atoms with Gasteiger partial charge in [-0.3, -0.25) is 4.79 Å². The highest BCUT2D eigenvalue weighted by atomic mass is 19.3. The van der Waals surface area contributed by atoms with Gasteiger partial charge < -0.3 is 5.32 Å². The van der Waals surface area contributed by atoms with Gasteiger partial charge in [-0.1, -0.05) is 0 Å². The monoisotopic (exact) mass is 280 g/mol. The summed E-state index contributed by atoms with van der Waals surface area (Å²) in [6.45, 7) is 0. The van der Waals surface area contributed by atoms with Crippen molar-refractivity contribution < 1.29 is 13.6 Å². The van der Waals surface area contributed by atoms with Crippen LogP contribution in [0.1, 0.15) is 36.2 Å². The summed E-state index contributed by atoms with van der Waals surface area (Å²) in [7, 11) is 0. The first kappa shape index (κ1) is 13.0. The molecule has 1 amide bonds. The van der Waals surface area contributed by atoms with Crippen LogP contribution in [0.5, 0.6) is 0 Å². The first-order valence-electron chi connectivity index (χ1n) is 6.53. The molecule has 1 fully saturated rings. The first-order valence-corrected chi connectivity index (χ1v) is 6.53. The Morgan fingerprint density at radius 3 is 2.80 bits per heavy atom. The molecule has 0 spiro atoms. The van der Waals surface area contributed by atoms with Gasteiger partial charge in [0.15, 0.2) is 5.65 Å². The van der Waals surface area contributed by atoms with Crippen molar-refractivity contribution >= 4 is 11.6 Å². The Bertz CT molecular complexity index is 630. The van der Waals surface area contributed by atoms with Crippen molar-refractivity contribution in [3.63, 3.8) is 0 Å². The third-order valence-corrected chi connectivity index (χ3v) is 3.58. The van der Waals surface area contributed by atoms with Crippen molar-refractivity contribution in [2.45, 2.75) is 37.6 Å². The van der Waals surface area contributed by atoms with Crippen LogP contribution in [-0.4, -0.2) is 32.5 Å². The minimum absolute atomic E-state index is 0.175. The van der Waals surface area contributed by atoms with Gasteiger partial charge in [-0.2, -0.15) is 5.10 Å². The van der Waals surface area contributed by atoms with Crippen LogP contribution in [0.3, 0.4) is 0 Å². The molecular weight excluding hydrogens is 266 g/mol. The molecule has 20 heavy (non-hydrogen) atoms. The van der Waals surface area contributed by atoms with E-state index >= 15 is 0 Å². The van der Waals surface area contributed by atoms with Crippen LogP contribution in [-0.2, 0) is 0 Å². The molecule has 1 saturated carbocycles. The lowest BCUT2D eigenvalue weighted by molar-refractivity contribution is -0.0399. The maximum absolute atomic E-state index is 13.1. The van der Waals surface area contributed by atoms with E-state index in [2.05, 4.69) is 15.4 Å². The van der Waals surface area contributed by atoms with E-state index in [1.165, 1.54) is 10.7 Å². The fourth-order valence-corrected chi connectivity index (χ4v) is 2.45. The van der Waals surface area contributed by atoms with E-state index in [1.807, 2.05) is 0 Å². The third-order valence-electron chi connectivity index (χ3n) is 3.58. The Hall–Kier alpha value is -2.05.